The summed E-state index contributed by atoms with van der Waals surface area (Å²) in [6.07, 6.45) is 1.85. The van der Waals surface area contributed by atoms with E-state index in [-0.39, 0.29) is 11.5 Å². The zero-order chi connectivity index (χ0) is 33.0. The van der Waals surface area contributed by atoms with E-state index in [9.17, 15) is 9.59 Å². The lowest BCUT2D eigenvalue weighted by molar-refractivity contribution is -0.113. The van der Waals surface area contributed by atoms with Crippen LogP contribution in [0.1, 0.15) is 36.6 Å². The molecule has 1 atom stereocenters. The molecule has 0 bridgehead atoms. The van der Waals surface area contributed by atoms with E-state index in [0.717, 1.165) is 22.1 Å². The van der Waals surface area contributed by atoms with Gasteiger partial charge in [0.25, 0.3) is 11.5 Å². The molecule has 1 aromatic heterocycles. The molecule has 0 spiro atoms. The third kappa shape index (κ3) is 6.30. The minimum Gasteiger partial charge on any atom is -0.494 e. The lowest BCUT2D eigenvalue weighted by atomic mass is 9.95. The molecular formula is C40H33N3O4S. The van der Waals surface area contributed by atoms with Crippen molar-refractivity contribution in [3.05, 3.63) is 169 Å². The van der Waals surface area contributed by atoms with Crippen LogP contribution in [0.15, 0.2) is 142 Å². The predicted octanol–water partition coefficient (Wildman–Crippen LogP) is 7.00. The maximum absolute atomic E-state index is 14.2. The average Bonchev–Trinajstić information content (AvgIpc) is 3.41. The highest BCUT2D eigenvalue weighted by molar-refractivity contribution is 7.07. The van der Waals surface area contributed by atoms with Crippen molar-refractivity contribution in [2.24, 2.45) is 4.99 Å². The van der Waals surface area contributed by atoms with Gasteiger partial charge in [-0.1, -0.05) is 96.3 Å². The standard InChI is InChI=1S/C40H33N3O4S/c1-3-46-32-21-19-29(20-22-32)37-36(38(44)42-31-15-5-4-6-16-31)26(2)41-40-43(37)39(45)35(48-40)24-27-11-9-17-33(23-27)47-25-30-14-10-13-28-12-7-8-18-34(28)30/h4-24,37H,3,25H2,1-2H3,(H,42,44)/b35-24-/t37-/m1/s1. The first-order chi connectivity index (χ1) is 23.5. The Kier molecular flexibility index (Phi) is 8.72. The van der Waals surface area contributed by atoms with Crippen LogP contribution in [0.5, 0.6) is 11.5 Å². The summed E-state index contributed by atoms with van der Waals surface area (Å²) in [6.45, 7) is 4.70. The molecule has 7 rings (SSSR count). The van der Waals surface area contributed by atoms with Crippen molar-refractivity contribution in [1.82, 2.24) is 4.57 Å². The van der Waals surface area contributed by atoms with E-state index in [4.69, 9.17) is 14.5 Å². The molecule has 0 aliphatic carbocycles. The molecule has 6 aromatic rings. The first kappa shape index (κ1) is 30.9. The molecule has 0 radical (unpaired) electrons. The molecule has 0 saturated carbocycles. The van der Waals surface area contributed by atoms with Crippen LogP contribution in [0.2, 0.25) is 0 Å². The summed E-state index contributed by atoms with van der Waals surface area (Å²) in [5.41, 5.74) is 4.10. The molecule has 48 heavy (non-hydrogen) atoms. The number of nitrogens with zero attached hydrogens (tertiary/aromatic N) is 2. The third-order valence-corrected chi connectivity index (χ3v) is 9.22. The minimum atomic E-state index is -0.682. The maximum Gasteiger partial charge on any atom is 0.271 e. The van der Waals surface area contributed by atoms with Gasteiger partial charge in [0.15, 0.2) is 4.80 Å². The number of allylic oxidation sites excluding steroid dienone is 1. The highest BCUT2D eigenvalue weighted by Gasteiger charge is 2.32. The van der Waals surface area contributed by atoms with E-state index in [1.165, 1.54) is 16.7 Å². The van der Waals surface area contributed by atoms with Crippen molar-refractivity contribution in [2.45, 2.75) is 26.5 Å². The van der Waals surface area contributed by atoms with Gasteiger partial charge in [0.05, 0.1) is 28.5 Å². The number of carbonyl (C=O) groups excluding carboxylic acids is 1. The Morgan fingerprint density at radius 3 is 2.44 bits per heavy atom. The van der Waals surface area contributed by atoms with Crippen LogP contribution < -0.4 is 29.7 Å². The zero-order valence-electron chi connectivity index (χ0n) is 26.6. The van der Waals surface area contributed by atoms with Gasteiger partial charge in [-0.2, -0.15) is 0 Å². The van der Waals surface area contributed by atoms with E-state index in [2.05, 4.69) is 29.6 Å². The van der Waals surface area contributed by atoms with E-state index in [1.807, 2.05) is 117 Å². The summed E-state index contributed by atoms with van der Waals surface area (Å²) in [5, 5.41) is 5.32. The Morgan fingerprint density at radius 1 is 0.875 bits per heavy atom. The van der Waals surface area contributed by atoms with Crippen molar-refractivity contribution >= 4 is 39.8 Å². The number of amides is 1. The number of anilines is 1. The molecule has 1 aliphatic rings. The van der Waals surface area contributed by atoms with Crippen molar-refractivity contribution in [3.8, 4) is 11.5 Å². The van der Waals surface area contributed by atoms with E-state index in [1.54, 1.807) is 4.57 Å². The molecule has 1 amide bonds. The van der Waals surface area contributed by atoms with Crippen LogP contribution in [0.25, 0.3) is 16.8 Å². The predicted molar refractivity (Wildman–Crippen MR) is 191 cm³/mol. The Hall–Kier alpha value is -5.73. The normalized spacial score (nSPS) is 14.4. The molecule has 1 aliphatic heterocycles. The van der Waals surface area contributed by atoms with Crippen LogP contribution in [-0.4, -0.2) is 17.1 Å². The lowest BCUT2D eigenvalue weighted by Crippen LogP contribution is -2.40. The lowest BCUT2D eigenvalue weighted by Gasteiger charge is -2.25. The van der Waals surface area contributed by atoms with Gasteiger partial charge >= 0.3 is 0 Å². The number of hydrogen-bond donors (Lipinski definition) is 1. The average molecular weight is 652 g/mol. The number of nitrogens with one attached hydrogen (secondary N) is 1. The van der Waals surface area contributed by atoms with Gasteiger partial charge in [-0.3, -0.25) is 14.2 Å². The molecule has 0 saturated heterocycles. The molecular weight excluding hydrogens is 619 g/mol. The Morgan fingerprint density at radius 2 is 1.62 bits per heavy atom. The Balaban J connectivity index is 1.24. The minimum absolute atomic E-state index is 0.225. The van der Waals surface area contributed by atoms with Crippen molar-refractivity contribution in [1.29, 1.82) is 0 Å². The largest absolute Gasteiger partial charge is 0.494 e. The molecule has 8 heteroatoms. The van der Waals surface area contributed by atoms with Crippen molar-refractivity contribution < 1.29 is 14.3 Å². The Bertz CT molecular complexity index is 2340. The van der Waals surface area contributed by atoms with Gasteiger partial charge in [-0.25, -0.2) is 4.99 Å². The first-order valence-electron chi connectivity index (χ1n) is 15.8. The van der Waals surface area contributed by atoms with E-state index < -0.39 is 6.04 Å². The van der Waals surface area contributed by atoms with Gasteiger partial charge in [0, 0.05) is 5.69 Å². The molecule has 1 N–H and O–H groups in total. The number of aromatic nitrogens is 1. The molecule has 2 heterocycles. The van der Waals surface area contributed by atoms with Crippen molar-refractivity contribution in [3.63, 3.8) is 0 Å². The summed E-state index contributed by atoms with van der Waals surface area (Å²) in [7, 11) is 0. The van der Waals surface area contributed by atoms with Crippen LogP contribution in [0.3, 0.4) is 0 Å². The number of ether oxygens (including phenoxy) is 2. The van der Waals surface area contributed by atoms with Crippen LogP contribution >= 0.6 is 11.3 Å². The Labute approximate surface area is 281 Å². The fourth-order valence-electron chi connectivity index (χ4n) is 5.99. The molecule has 5 aromatic carbocycles. The number of carbonyl (C=O) groups is 1. The topological polar surface area (TPSA) is 81.9 Å². The highest BCUT2D eigenvalue weighted by atomic mass is 32.1. The summed E-state index contributed by atoms with van der Waals surface area (Å²) < 4.78 is 14.0. The van der Waals surface area contributed by atoms with Gasteiger partial charge in [-0.15, -0.1) is 0 Å². The number of benzene rings is 5. The van der Waals surface area contributed by atoms with E-state index >= 15 is 0 Å². The fraction of sp³-hybridized carbons (Fsp3) is 0.125. The summed E-state index contributed by atoms with van der Waals surface area (Å²) in [6, 6.07) is 38.3. The van der Waals surface area contributed by atoms with Gasteiger partial charge < -0.3 is 14.8 Å². The number of rotatable bonds is 9. The summed E-state index contributed by atoms with van der Waals surface area (Å²) in [4.78, 5) is 33.3. The van der Waals surface area contributed by atoms with Crippen molar-refractivity contribution in [2.75, 3.05) is 11.9 Å². The second kappa shape index (κ2) is 13.6. The van der Waals surface area contributed by atoms with E-state index in [0.29, 0.717) is 51.0 Å². The smallest absolute Gasteiger partial charge is 0.271 e. The van der Waals surface area contributed by atoms with Gasteiger partial charge in [0.2, 0.25) is 0 Å². The molecule has 0 fully saturated rings. The molecule has 7 nitrogen and oxygen atoms in total. The first-order valence-corrected chi connectivity index (χ1v) is 16.6. The number of fused-ring (bicyclic) bond motifs is 2. The van der Waals surface area contributed by atoms with Gasteiger partial charge in [-0.05, 0) is 83.8 Å². The zero-order valence-corrected chi connectivity index (χ0v) is 27.4. The van der Waals surface area contributed by atoms with Crippen LogP contribution in [0.4, 0.5) is 5.69 Å². The number of para-hydroxylation sites is 1. The van der Waals surface area contributed by atoms with Gasteiger partial charge in [0.1, 0.15) is 18.1 Å². The molecule has 0 unspecified atom stereocenters. The number of thiazole rings is 1. The third-order valence-electron chi connectivity index (χ3n) is 8.23. The quantitative estimate of drug-likeness (QED) is 0.183. The number of hydrogen-bond acceptors (Lipinski definition) is 6. The monoisotopic (exact) mass is 651 g/mol. The summed E-state index contributed by atoms with van der Waals surface area (Å²) >= 11 is 1.30. The fourth-order valence-corrected chi connectivity index (χ4v) is 7.03. The summed E-state index contributed by atoms with van der Waals surface area (Å²) in [5.74, 6) is 1.10. The van der Waals surface area contributed by atoms with Crippen LogP contribution in [0, 0.1) is 0 Å². The SMILES string of the molecule is CCOc1ccc([C@@H]2C(C(=O)Nc3ccccc3)=C(C)N=c3s/c(=C\c4cccc(OCc5cccc6ccccc56)c4)c(=O)n32)cc1. The maximum atomic E-state index is 14.2. The second-order valence-corrected chi connectivity index (χ2v) is 12.4. The second-order valence-electron chi connectivity index (χ2n) is 11.4. The molecule has 238 valence electrons. The van der Waals surface area contributed by atoms with Crippen LogP contribution in [-0.2, 0) is 11.4 Å². The highest BCUT2D eigenvalue weighted by Crippen LogP contribution is 2.32.